The van der Waals surface area contributed by atoms with Crippen molar-refractivity contribution >= 4 is 12.1 Å². The van der Waals surface area contributed by atoms with E-state index in [0.29, 0.717) is 18.4 Å². The summed E-state index contributed by atoms with van der Waals surface area (Å²) in [6, 6.07) is -0.699. The molecule has 1 aliphatic heterocycles. The van der Waals surface area contributed by atoms with Crippen molar-refractivity contribution in [2.24, 2.45) is 0 Å². The number of carbonyl (C=O) groups excluding carboxylic acids is 2. The van der Waals surface area contributed by atoms with E-state index in [9.17, 15) is 9.59 Å². The van der Waals surface area contributed by atoms with Crippen LogP contribution in [0.5, 0.6) is 0 Å². The van der Waals surface area contributed by atoms with Gasteiger partial charge in [-0.05, 0) is 39.2 Å². The molecule has 1 amide bonds. The van der Waals surface area contributed by atoms with Gasteiger partial charge < -0.3 is 14.6 Å². The predicted molar refractivity (Wildman–Crippen MR) is 68.3 cm³/mol. The summed E-state index contributed by atoms with van der Waals surface area (Å²) in [5.74, 6) is -0.487. The Morgan fingerprint density at radius 1 is 1.47 bits per heavy atom. The van der Waals surface area contributed by atoms with Gasteiger partial charge in [0.25, 0.3) is 0 Å². The maximum atomic E-state index is 12.1. The number of amides is 1. The zero-order chi connectivity index (χ0) is 14.6. The van der Waals surface area contributed by atoms with Crippen molar-refractivity contribution in [3.05, 3.63) is 11.8 Å². The molecule has 0 aromatic carbocycles. The van der Waals surface area contributed by atoms with Crippen LogP contribution in [-0.4, -0.2) is 47.4 Å². The molecule has 1 aliphatic rings. The highest BCUT2D eigenvalue weighted by Gasteiger charge is 2.35. The number of esters is 1. The van der Waals surface area contributed by atoms with E-state index in [1.54, 1.807) is 20.8 Å². The highest BCUT2D eigenvalue weighted by molar-refractivity contribution is 5.82. The number of hydrogen-bond donors (Lipinski definition) is 1. The number of hydrogen-bond acceptors (Lipinski definition) is 5. The maximum absolute atomic E-state index is 12.1. The Hall–Kier alpha value is -1.56. The molecule has 0 aromatic rings. The van der Waals surface area contributed by atoms with Crippen molar-refractivity contribution < 1.29 is 24.2 Å². The number of aliphatic hydroxyl groups is 1. The summed E-state index contributed by atoms with van der Waals surface area (Å²) in [6.45, 7) is 5.10. The third-order valence-electron chi connectivity index (χ3n) is 2.68. The van der Waals surface area contributed by atoms with Crippen LogP contribution in [0.1, 0.15) is 33.6 Å². The lowest BCUT2D eigenvalue weighted by atomic mass is 10.0. The molecule has 0 saturated carbocycles. The molecule has 1 unspecified atom stereocenters. The van der Waals surface area contributed by atoms with Gasteiger partial charge in [0.1, 0.15) is 11.6 Å². The standard InChI is InChI=1S/C13H21NO5/c1-13(2,3)19-12(17)14-7-9(8-15)5-6-10(14)11(16)18-4/h7,10,15H,5-6,8H2,1-4H3. The minimum absolute atomic E-state index is 0.146. The van der Waals surface area contributed by atoms with Crippen LogP contribution in [0.3, 0.4) is 0 Å². The van der Waals surface area contributed by atoms with Crippen LogP contribution in [-0.2, 0) is 14.3 Å². The smallest absolute Gasteiger partial charge is 0.415 e. The van der Waals surface area contributed by atoms with E-state index in [0.717, 1.165) is 0 Å². The fourth-order valence-corrected chi connectivity index (χ4v) is 1.79. The van der Waals surface area contributed by atoms with Gasteiger partial charge in [-0.2, -0.15) is 0 Å². The van der Waals surface area contributed by atoms with E-state index < -0.39 is 23.7 Å². The van der Waals surface area contributed by atoms with Gasteiger partial charge in [-0.3, -0.25) is 4.90 Å². The highest BCUT2D eigenvalue weighted by Crippen LogP contribution is 2.23. The topological polar surface area (TPSA) is 76.1 Å². The minimum Gasteiger partial charge on any atom is -0.467 e. The summed E-state index contributed by atoms with van der Waals surface area (Å²) in [4.78, 5) is 25.0. The van der Waals surface area contributed by atoms with E-state index in [2.05, 4.69) is 4.74 Å². The van der Waals surface area contributed by atoms with Gasteiger partial charge in [0.15, 0.2) is 0 Å². The number of aliphatic hydroxyl groups excluding tert-OH is 1. The number of carbonyl (C=O) groups is 2. The van der Waals surface area contributed by atoms with E-state index in [-0.39, 0.29) is 6.61 Å². The van der Waals surface area contributed by atoms with Gasteiger partial charge in [-0.1, -0.05) is 0 Å². The van der Waals surface area contributed by atoms with E-state index in [4.69, 9.17) is 9.84 Å². The van der Waals surface area contributed by atoms with Gasteiger partial charge in [-0.25, -0.2) is 9.59 Å². The highest BCUT2D eigenvalue weighted by atomic mass is 16.6. The van der Waals surface area contributed by atoms with Crippen LogP contribution >= 0.6 is 0 Å². The van der Waals surface area contributed by atoms with E-state index >= 15 is 0 Å². The van der Waals surface area contributed by atoms with Gasteiger partial charge in [0, 0.05) is 6.20 Å². The predicted octanol–water partition coefficient (Wildman–Crippen LogP) is 1.44. The van der Waals surface area contributed by atoms with E-state index in [1.807, 2.05) is 0 Å². The summed E-state index contributed by atoms with van der Waals surface area (Å²) in [5, 5.41) is 9.14. The Morgan fingerprint density at radius 2 is 2.11 bits per heavy atom. The molecule has 1 rings (SSSR count). The number of methoxy groups -OCH3 is 1. The van der Waals surface area contributed by atoms with Crippen LogP contribution in [0.4, 0.5) is 4.79 Å². The Bertz CT molecular complexity index is 383. The fraction of sp³-hybridized carbons (Fsp3) is 0.692. The molecule has 1 atom stereocenters. The molecule has 6 nitrogen and oxygen atoms in total. The molecular formula is C13H21NO5. The first-order chi connectivity index (χ1) is 8.78. The first-order valence-electron chi connectivity index (χ1n) is 6.18. The Labute approximate surface area is 113 Å². The minimum atomic E-state index is -0.699. The van der Waals surface area contributed by atoms with Crippen LogP contribution in [0.25, 0.3) is 0 Å². The SMILES string of the molecule is COC(=O)C1CCC(CO)=CN1C(=O)OC(C)(C)C. The zero-order valence-corrected chi connectivity index (χ0v) is 11.8. The van der Waals surface area contributed by atoms with Crippen molar-refractivity contribution in [1.82, 2.24) is 4.90 Å². The quantitative estimate of drug-likeness (QED) is 0.769. The van der Waals surface area contributed by atoms with Crippen molar-refractivity contribution in [2.45, 2.75) is 45.3 Å². The Balaban J connectivity index is 2.93. The second-order valence-electron chi connectivity index (χ2n) is 5.41. The second kappa shape index (κ2) is 6.06. The summed E-state index contributed by atoms with van der Waals surface area (Å²) in [5.41, 5.74) is 0.0357. The van der Waals surface area contributed by atoms with Crippen molar-refractivity contribution in [3.8, 4) is 0 Å². The monoisotopic (exact) mass is 271 g/mol. The molecule has 0 saturated heterocycles. The largest absolute Gasteiger partial charge is 0.467 e. The molecule has 0 spiro atoms. The van der Waals surface area contributed by atoms with Crippen molar-refractivity contribution in [3.63, 3.8) is 0 Å². The molecule has 0 aromatic heterocycles. The second-order valence-corrected chi connectivity index (χ2v) is 5.41. The normalized spacial score (nSPS) is 19.7. The third kappa shape index (κ3) is 4.24. The van der Waals surface area contributed by atoms with Gasteiger partial charge >= 0.3 is 12.1 Å². The third-order valence-corrected chi connectivity index (χ3v) is 2.68. The van der Waals surface area contributed by atoms with E-state index in [1.165, 1.54) is 18.2 Å². The Kier molecular flexibility index (Phi) is 4.94. The molecule has 6 heteroatoms. The number of nitrogens with zero attached hydrogens (tertiary/aromatic N) is 1. The van der Waals surface area contributed by atoms with Crippen LogP contribution in [0.2, 0.25) is 0 Å². The first-order valence-corrected chi connectivity index (χ1v) is 6.18. The first kappa shape index (κ1) is 15.5. The maximum Gasteiger partial charge on any atom is 0.415 e. The fourth-order valence-electron chi connectivity index (χ4n) is 1.79. The molecule has 1 N–H and O–H groups in total. The molecule has 0 aliphatic carbocycles. The number of ether oxygens (including phenoxy) is 2. The lowest BCUT2D eigenvalue weighted by Gasteiger charge is -2.33. The van der Waals surface area contributed by atoms with Gasteiger partial charge in [-0.15, -0.1) is 0 Å². The lowest BCUT2D eigenvalue weighted by molar-refractivity contribution is -0.146. The van der Waals surface area contributed by atoms with Crippen LogP contribution in [0, 0.1) is 0 Å². The van der Waals surface area contributed by atoms with Crippen molar-refractivity contribution in [2.75, 3.05) is 13.7 Å². The van der Waals surface area contributed by atoms with Gasteiger partial charge in [0.2, 0.25) is 0 Å². The van der Waals surface area contributed by atoms with Crippen LogP contribution < -0.4 is 0 Å². The summed E-state index contributed by atoms with van der Waals surface area (Å²) >= 11 is 0. The molecule has 0 radical (unpaired) electrons. The number of rotatable bonds is 2. The molecular weight excluding hydrogens is 250 g/mol. The van der Waals surface area contributed by atoms with Crippen LogP contribution in [0.15, 0.2) is 11.8 Å². The molecule has 0 bridgehead atoms. The Morgan fingerprint density at radius 3 is 2.58 bits per heavy atom. The van der Waals surface area contributed by atoms with Gasteiger partial charge in [0.05, 0.1) is 13.7 Å². The zero-order valence-electron chi connectivity index (χ0n) is 11.8. The molecule has 1 heterocycles. The molecule has 0 fully saturated rings. The average molecular weight is 271 g/mol. The summed E-state index contributed by atoms with van der Waals surface area (Å²) in [6.07, 6.45) is 1.82. The van der Waals surface area contributed by atoms with Crippen molar-refractivity contribution in [1.29, 1.82) is 0 Å². The average Bonchev–Trinajstić information content (AvgIpc) is 2.35. The molecule has 108 valence electrons. The molecule has 19 heavy (non-hydrogen) atoms. The summed E-state index contributed by atoms with van der Waals surface area (Å²) in [7, 11) is 1.28. The summed E-state index contributed by atoms with van der Waals surface area (Å²) < 4.78 is 9.94. The lowest BCUT2D eigenvalue weighted by Crippen LogP contribution is -2.46.